The van der Waals surface area contributed by atoms with E-state index in [-0.39, 0.29) is 0 Å². The first-order chi connectivity index (χ1) is 9.59. The van der Waals surface area contributed by atoms with Crippen molar-refractivity contribution in [3.8, 4) is 0 Å². The van der Waals surface area contributed by atoms with Gasteiger partial charge in [0.1, 0.15) is 0 Å². The first kappa shape index (κ1) is 15.1. The Balaban J connectivity index is 2.12. The van der Waals surface area contributed by atoms with Crippen molar-refractivity contribution in [2.45, 2.75) is 33.6 Å². The number of hydrogen-bond acceptors (Lipinski definition) is 1. The topological polar surface area (TPSA) is 12.0 Å². The first-order valence-electron chi connectivity index (χ1n) is 7.78. The summed E-state index contributed by atoms with van der Waals surface area (Å²) in [5.41, 5.74) is 1.47. The van der Waals surface area contributed by atoms with E-state index in [9.17, 15) is 0 Å². The summed E-state index contributed by atoms with van der Waals surface area (Å²) in [6, 6.07) is 15.4. The van der Waals surface area contributed by atoms with Gasteiger partial charge in [0.05, 0.1) is 0 Å². The van der Waals surface area contributed by atoms with Crippen molar-refractivity contribution >= 4 is 10.8 Å². The average molecular weight is 269 g/mol. The maximum atomic E-state index is 3.58. The molecule has 0 saturated carbocycles. The average Bonchev–Trinajstić information content (AvgIpc) is 2.45. The fourth-order valence-electron chi connectivity index (χ4n) is 2.73. The molecule has 108 valence electrons. The zero-order chi connectivity index (χ0) is 14.5. The number of nitrogens with one attached hydrogen (secondary N) is 1. The van der Waals surface area contributed by atoms with E-state index < -0.39 is 0 Å². The van der Waals surface area contributed by atoms with E-state index in [0.717, 1.165) is 19.0 Å². The van der Waals surface area contributed by atoms with E-state index >= 15 is 0 Å². The van der Waals surface area contributed by atoms with Crippen LogP contribution in [0.5, 0.6) is 0 Å². The lowest BCUT2D eigenvalue weighted by atomic mass is 9.86. The molecular weight excluding hydrogens is 242 g/mol. The Kier molecular flexibility index (Phi) is 5.19. The van der Waals surface area contributed by atoms with Crippen LogP contribution in [0.15, 0.2) is 42.5 Å². The highest BCUT2D eigenvalue weighted by molar-refractivity contribution is 5.86. The number of benzene rings is 2. The van der Waals surface area contributed by atoms with Crippen LogP contribution in [0.3, 0.4) is 0 Å². The van der Waals surface area contributed by atoms with Crippen LogP contribution in [-0.2, 0) is 0 Å². The summed E-state index contributed by atoms with van der Waals surface area (Å²) in [4.78, 5) is 0. The maximum absolute atomic E-state index is 3.58. The molecule has 2 aromatic carbocycles. The smallest absolute Gasteiger partial charge is 0.00173 e. The minimum atomic E-state index is 0.570. The summed E-state index contributed by atoms with van der Waals surface area (Å²) in [5.74, 6) is 1.93. The molecule has 1 N–H and O–H groups in total. The summed E-state index contributed by atoms with van der Waals surface area (Å²) in [7, 11) is 0. The van der Waals surface area contributed by atoms with Gasteiger partial charge in [0.25, 0.3) is 0 Å². The summed E-state index contributed by atoms with van der Waals surface area (Å²) in [5, 5.41) is 6.33. The molecule has 2 unspecified atom stereocenters. The molecule has 0 aliphatic heterocycles. The molecule has 0 spiro atoms. The maximum Gasteiger partial charge on any atom is -0.00173 e. The molecule has 0 aromatic heterocycles. The Morgan fingerprint density at radius 2 is 1.55 bits per heavy atom. The minimum Gasteiger partial charge on any atom is -0.316 e. The zero-order valence-electron chi connectivity index (χ0n) is 13.2. The number of rotatable bonds is 6. The highest BCUT2D eigenvalue weighted by Crippen LogP contribution is 2.30. The minimum absolute atomic E-state index is 0.570. The van der Waals surface area contributed by atoms with Gasteiger partial charge in [-0.05, 0) is 47.2 Å². The Labute approximate surface area is 123 Å². The van der Waals surface area contributed by atoms with E-state index in [4.69, 9.17) is 0 Å². The van der Waals surface area contributed by atoms with Crippen LogP contribution in [0.1, 0.15) is 39.2 Å². The van der Waals surface area contributed by atoms with Gasteiger partial charge in [0.2, 0.25) is 0 Å². The Morgan fingerprint density at radius 1 is 0.850 bits per heavy atom. The largest absolute Gasteiger partial charge is 0.316 e. The second-order valence-electron chi connectivity index (χ2n) is 6.39. The molecule has 0 radical (unpaired) electrons. The number of fused-ring (bicyclic) bond motifs is 1. The Bertz CT molecular complexity index is 539. The van der Waals surface area contributed by atoms with Gasteiger partial charge in [-0.2, -0.15) is 0 Å². The van der Waals surface area contributed by atoms with Crippen molar-refractivity contribution in [2.75, 3.05) is 13.1 Å². The van der Waals surface area contributed by atoms with Crippen LogP contribution in [0, 0.1) is 11.8 Å². The second-order valence-corrected chi connectivity index (χ2v) is 6.39. The monoisotopic (exact) mass is 269 g/mol. The van der Waals surface area contributed by atoms with Crippen molar-refractivity contribution in [1.29, 1.82) is 0 Å². The molecule has 1 nitrogen and oxygen atoms in total. The molecule has 0 aliphatic rings. The van der Waals surface area contributed by atoms with Gasteiger partial charge >= 0.3 is 0 Å². The molecule has 20 heavy (non-hydrogen) atoms. The van der Waals surface area contributed by atoms with Crippen LogP contribution in [0.4, 0.5) is 0 Å². The van der Waals surface area contributed by atoms with Gasteiger partial charge in [-0.3, -0.25) is 0 Å². The molecule has 0 saturated heterocycles. The Morgan fingerprint density at radius 3 is 2.30 bits per heavy atom. The molecule has 2 rings (SSSR count). The molecule has 1 heteroatoms. The summed E-state index contributed by atoms with van der Waals surface area (Å²) < 4.78 is 0. The lowest BCUT2D eigenvalue weighted by Crippen LogP contribution is -2.27. The van der Waals surface area contributed by atoms with E-state index in [2.05, 4.69) is 75.5 Å². The molecule has 0 fully saturated rings. The van der Waals surface area contributed by atoms with Crippen LogP contribution < -0.4 is 5.32 Å². The second kappa shape index (κ2) is 6.90. The fraction of sp³-hybridized carbons (Fsp3) is 0.474. The first-order valence-corrected chi connectivity index (χ1v) is 7.78. The molecule has 2 atom stereocenters. The normalized spacial score (nSPS) is 14.7. The van der Waals surface area contributed by atoms with Crippen molar-refractivity contribution in [2.24, 2.45) is 11.8 Å². The third-order valence-corrected chi connectivity index (χ3v) is 4.19. The quantitative estimate of drug-likeness (QED) is 0.792. The van der Waals surface area contributed by atoms with Crippen LogP contribution in [0.2, 0.25) is 0 Å². The van der Waals surface area contributed by atoms with Gasteiger partial charge in [-0.25, -0.2) is 0 Å². The summed E-state index contributed by atoms with van der Waals surface area (Å²) in [6.07, 6.45) is 0. The summed E-state index contributed by atoms with van der Waals surface area (Å²) >= 11 is 0. The molecular formula is C19H27N. The standard InChI is InChI=1S/C19H27N/c1-14(2)12-20-13-15(3)16(4)18-11-7-9-17-8-5-6-10-19(17)18/h5-11,14-16,20H,12-13H2,1-4H3. The molecule has 0 bridgehead atoms. The zero-order valence-corrected chi connectivity index (χ0v) is 13.2. The van der Waals surface area contributed by atoms with E-state index in [1.54, 1.807) is 0 Å². The van der Waals surface area contributed by atoms with Gasteiger partial charge in [0, 0.05) is 0 Å². The number of hydrogen-bond donors (Lipinski definition) is 1. The van der Waals surface area contributed by atoms with E-state index in [0.29, 0.717) is 11.8 Å². The SMILES string of the molecule is CC(C)CNCC(C)C(C)c1cccc2ccccc12. The lowest BCUT2D eigenvalue weighted by molar-refractivity contribution is 0.430. The van der Waals surface area contributed by atoms with Gasteiger partial charge in [-0.1, -0.05) is 70.2 Å². The lowest BCUT2D eigenvalue weighted by Gasteiger charge is -2.23. The van der Waals surface area contributed by atoms with Crippen LogP contribution in [-0.4, -0.2) is 13.1 Å². The predicted octanol–water partition coefficient (Wildman–Crippen LogP) is 4.83. The van der Waals surface area contributed by atoms with Crippen molar-refractivity contribution < 1.29 is 0 Å². The van der Waals surface area contributed by atoms with Crippen LogP contribution in [0.25, 0.3) is 10.8 Å². The van der Waals surface area contributed by atoms with Crippen molar-refractivity contribution in [1.82, 2.24) is 5.32 Å². The molecule has 0 aliphatic carbocycles. The molecule has 2 aromatic rings. The third-order valence-electron chi connectivity index (χ3n) is 4.19. The Hall–Kier alpha value is -1.34. The van der Waals surface area contributed by atoms with E-state index in [1.807, 2.05) is 0 Å². The highest BCUT2D eigenvalue weighted by atomic mass is 14.9. The van der Waals surface area contributed by atoms with Crippen LogP contribution >= 0.6 is 0 Å². The summed E-state index contributed by atoms with van der Waals surface area (Å²) in [6.45, 7) is 11.4. The van der Waals surface area contributed by atoms with E-state index in [1.165, 1.54) is 16.3 Å². The van der Waals surface area contributed by atoms with Gasteiger partial charge in [0.15, 0.2) is 0 Å². The molecule has 0 amide bonds. The van der Waals surface area contributed by atoms with Crippen molar-refractivity contribution in [3.05, 3.63) is 48.0 Å². The highest BCUT2D eigenvalue weighted by Gasteiger charge is 2.16. The van der Waals surface area contributed by atoms with Gasteiger partial charge < -0.3 is 5.32 Å². The molecule has 0 heterocycles. The van der Waals surface area contributed by atoms with Gasteiger partial charge in [-0.15, -0.1) is 0 Å². The third kappa shape index (κ3) is 3.61. The fourth-order valence-corrected chi connectivity index (χ4v) is 2.73. The predicted molar refractivity (Wildman–Crippen MR) is 89.2 cm³/mol. The van der Waals surface area contributed by atoms with Crippen molar-refractivity contribution in [3.63, 3.8) is 0 Å².